The Morgan fingerprint density at radius 2 is 1.22 bits per heavy atom. The van der Waals surface area contributed by atoms with Gasteiger partial charge in [-0.3, -0.25) is 4.90 Å². The number of para-hydroxylation sites is 2. The standard InChI is InChI=1S/C22H20N2O3/c25-21(26)20(16-17-10-4-1-5-11-17)23-22(27)24(18-12-6-2-7-13-18)19-14-8-3-9-15-19/h1-15,20H,16H2,(H,23,27)(H,25,26)/t20-/m1/s1. The van der Waals surface area contributed by atoms with Crippen LogP contribution in [-0.4, -0.2) is 23.1 Å². The van der Waals surface area contributed by atoms with Crippen molar-refractivity contribution in [1.29, 1.82) is 0 Å². The summed E-state index contributed by atoms with van der Waals surface area (Å²) in [5.74, 6) is -1.08. The average Bonchev–Trinajstić information content (AvgIpc) is 2.70. The van der Waals surface area contributed by atoms with Crippen LogP contribution in [0.25, 0.3) is 0 Å². The number of carbonyl (C=O) groups excluding carboxylic acids is 1. The van der Waals surface area contributed by atoms with E-state index < -0.39 is 18.0 Å². The van der Waals surface area contributed by atoms with Crippen molar-refractivity contribution in [3.63, 3.8) is 0 Å². The van der Waals surface area contributed by atoms with Gasteiger partial charge in [0.15, 0.2) is 0 Å². The molecule has 2 amide bonds. The zero-order valence-electron chi connectivity index (χ0n) is 14.7. The second-order valence-electron chi connectivity index (χ2n) is 6.04. The Morgan fingerprint density at radius 3 is 1.67 bits per heavy atom. The number of hydrogen-bond acceptors (Lipinski definition) is 2. The summed E-state index contributed by atoms with van der Waals surface area (Å²) in [6.07, 6.45) is 0.208. The number of carboxylic acids is 1. The lowest BCUT2D eigenvalue weighted by Gasteiger charge is -2.25. The molecule has 0 aliphatic carbocycles. The summed E-state index contributed by atoms with van der Waals surface area (Å²) >= 11 is 0. The maximum atomic E-state index is 13.0. The van der Waals surface area contributed by atoms with Crippen molar-refractivity contribution in [3.05, 3.63) is 96.6 Å². The fourth-order valence-corrected chi connectivity index (χ4v) is 2.80. The van der Waals surface area contributed by atoms with E-state index in [2.05, 4.69) is 5.32 Å². The molecule has 0 bridgehead atoms. The van der Waals surface area contributed by atoms with E-state index >= 15 is 0 Å². The lowest BCUT2D eigenvalue weighted by Crippen LogP contribution is -2.47. The molecule has 0 saturated heterocycles. The van der Waals surface area contributed by atoms with Crippen LogP contribution in [-0.2, 0) is 11.2 Å². The number of carboxylic acid groups (broad SMARTS) is 1. The highest BCUT2D eigenvalue weighted by molar-refractivity contribution is 6.00. The van der Waals surface area contributed by atoms with Crippen molar-refractivity contribution in [2.75, 3.05) is 4.90 Å². The molecule has 0 radical (unpaired) electrons. The molecule has 0 spiro atoms. The number of nitrogens with one attached hydrogen (secondary N) is 1. The summed E-state index contributed by atoms with van der Waals surface area (Å²) in [5.41, 5.74) is 2.16. The fraction of sp³-hybridized carbons (Fsp3) is 0.0909. The Morgan fingerprint density at radius 1 is 0.778 bits per heavy atom. The van der Waals surface area contributed by atoms with Gasteiger partial charge >= 0.3 is 12.0 Å². The molecule has 0 unspecified atom stereocenters. The summed E-state index contributed by atoms with van der Waals surface area (Å²) < 4.78 is 0. The van der Waals surface area contributed by atoms with E-state index in [1.807, 2.05) is 66.7 Å². The Balaban J connectivity index is 1.86. The summed E-state index contributed by atoms with van der Waals surface area (Å²) in [7, 11) is 0. The van der Waals surface area contributed by atoms with Crippen LogP contribution < -0.4 is 10.2 Å². The molecule has 1 atom stereocenters. The van der Waals surface area contributed by atoms with E-state index in [9.17, 15) is 14.7 Å². The highest BCUT2D eigenvalue weighted by Crippen LogP contribution is 2.25. The van der Waals surface area contributed by atoms with Gasteiger partial charge in [-0.25, -0.2) is 9.59 Å². The van der Waals surface area contributed by atoms with Crippen LogP contribution in [0.5, 0.6) is 0 Å². The Labute approximate surface area is 157 Å². The molecule has 0 aliphatic rings. The molecule has 136 valence electrons. The molecular formula is C22H20N2O3. The van der Waals surface area contributed by atoms with Gasteiger partial charge in [0.2, 0.25) is 0 Å². The third kappa shape index (κ3) is 4.73. The first-order valence-electron chi connectivity index (χ1n) is 8.62. The van der Waals surface area contributed by atoms with Gasteiger partial charge in [-0.15, -0.1) is 0 Å². The maximum absolute atomic E-state index is 13.0. The van der Waals surface area contributed by atoms with Crippen LogP contribution in [0.2, 0.25) is 0 Å². The highest BCUT2D eigenvalue weighted by atomic mass is 16.4. The Kier molecular flexibility index (Phi) is 5.84. The number of hydrogen-bond donors (Lipinski definition) is 2. The van der Waals surface area contributed by atoms with Gasteiger partial charge in [-0.05, 0) is 29.8 Å². The molecule has 3 aromatic rings. The topological polar surface area (TPSA) is 69.6 Å². The summed E-state index contributed by atoms with van der Waals surface area (Å²) in [6, 6.07) is 26.0. The van der Waals surface area contributed by atoms with E-state index in [0.717, 1.165) is 5.56 Å². The molecule has 5 nitrogen and oxygen atoms in total. The minimum absolute atomic E-state index is 0.208. The van der Waals surface area contributed by atoms with E-state index in [1.165, 1.54) is 4.90 Å². The van der Waals surface area contributed by atoms with E-state index in [0.29, 0.717) is 11.4 Å². The second-order valence-corrected chi connectivity index (χ2v) is 6.04. The first-order valence-corrected chi connectivity index (χ1v) is 8.62. The van der Waals surface area contributed by atoms with Gasteiger partial charge in [-0.2, -0.15) is 0 Å². The van der Waals surface area contributed by atoms with Crippen molar-refractivity contribution in [2.45, 2.75) is 12.5 Å². The van der Waals surface area contributed by atoms with Crippen LogP contribution in [0.1, 0.15) is 5.56 Å². The second kappa shape index (κ2) is 8.67. The monoisotopic (exact) mass is 360 g/mol. The molecule has 5 heteroatoms. The first-order chi connectivity index (χ1) is 13.1. The highest BCUT2D eigenvalue weighted by Gasteiger charge is 2.25. The number of benzene rings is 3. The zero-order valence-corrected chi connectivity index (χ0v) is 14.7. The molecular weight excluding hydrogens is 340 g/mol. The first kappa shape index (κ1) is 18.2. The van der Waals surface area contributed by atoms with Gasteiger partial charge in [-0.1, -0.05) is 66.7 Å². The van der Waals surface area contributed by atoms with Gasteiger partial charge in [0.05, 0.1) is 11.4 Å². The minimum Gasteiger partial charge on any atom is -0.480 e. The molecule has 3 rings (SSSR count). The van der Waals surface area contributed by atoms with Gasteiger partial charge in [0.25, 0.3) is 0 Å². The van der Waals surface area contributed by atoms with Crippen LogP contribution in [0.15, 0.2) is 91.0 Å². The lowest BCUT2D eigenvalue weighted by atomic mass is 10.1. The third-order valence-electron chi connectivity index (χ3n) is 4.11. The SMILES string of the molecule is O=C(O)[C@@H](Cc1ccccc1)NC(=O)N(c1ccccc1)c1ccccc1. The molecule has 27 heavy (non-hydrogen) atoms. The quantitative estimate of drug-likeness (QED) is 0.691. The van der Waals surface area contributed by atoms with Crippen LogP contribution >= 0.6 is 0 Å². The number of amides is 2. The number of aliphatic carboxylic acids is 1. The van der Waals surface area contributed by atoms with Crippen molar-refractivity contribution in [2.24, 2.45) is 0 Å². The summed E-state index contributed by atoms with van der Waals surface area (Å²) in [5, 5.41) is 12.2. The smallest absolute Gasteiger partial charge is 0.327 e. The summed E-state index contributed by atoms with van der Waals surface area (Å²) in [4.78, 5) is 26.2. The molecule has 2 N–H and O–H groups in total. The van der Waals surface area contributed by atoms with Crippen LogP contribution in [0.4, 0.5) is 16.2 Å². The molecule has 0 fully saturated rings. The predicted octanol–water partition coefficient (Wildman–Crippen LogP) is 4.23. The van der Waals surface area contributed by atoms with Crippen LogP contribution in [0, 0.1) is 0 Å². The number of anilines is 2. The molecule has 0 aliphatic heterocycles. The Hall–Kier alpha value is -3.60. The van der Waals surface area contributed by atoms with E-state index in [1.54, 1.807) is 24.3 Å². The normalized spacial score (nSPS) is 11.4. The maximum Gasteiger partial charge on any atom is 0.327 e. The van der Waals surface area contributed by atoms with Crippen molar-refractivity contribution >= 4 is 23.4 Å². The average molecular weight is 360 g/mol. The zero-order chi connectivity index (χ0) is 19.1. The number of nitrogens with zero attached hydrogens (tertiary/aromatic N) is 1. The van der Waals surface area contributed by atoms with Gasteiger partial charge in [0.1, 0.15) is 6.04 Å². The lowest BCUT2D eigenvalue weighted by molar-refractivity contribution is -0.139. The minimum atomic E-state index is -1.08. The van der Waals surface area contributed by atoms with Crippen molar-refractivity contribution < 1.29 is 14.7 Å². The van der Waals surface area contributed by atoms with E-state index in [4.69, 9.17) is 0 Å². The number of rotatable bonds is 6. The predicted molar refractivity (Wildman–Crippen MR) is 105 cm³/mol. The fourth-order valence-electron chi connectivity index (χ4n) is 2.80. The van der Waals surface area contributed by atoms with Gasteiger partial charge in [0, 0.05) is 6.42 Å². The molecule has 0 aromatic heterocycles. The summed E-state index contributed by atoms with van der Waals surface area (Å²) in [6.45, 7) is 0. The number of urea groups is 1. The third-order valence-corrected chi connectivity index (χ3v) is 4.11. The van der Waals surface area contributed by atoms with Gasteiger partial charge < -0.3 is 10.4 Å². The largest absolute Gasteiger partial charge is 0.480 e. The van der Waals surface area contributed by atoms with Crippen molar-refractivity contribution in [1.82, 2.24) is 5.32 Å². The Bertz CT molecular complexity index is 844. The molecule has 0 saturated carbocycles. The molecule has 3 aromatic carbocycles. The molecule has 0 heterocycles. The van der Waals surface area contributed by atoms with Crippen LogP contribution in [0.3, 0.4) is 0 Å². The van der Waals surface area contributed by atoms with Crippen molar-refractivity contribution in [3.8, 4) is 0 Å². The number of carbonyl (C=O) groups is 2. The van der Waals surface area contributed by atoms with E-state index in [-0.39, 0.29) is 6.42 Å².